The minimum atomic E-state index is -0.994. The minimum absolute atomic E-state index is 0.191. The van der Waals surface area contributed by atoms with Crippen molar-refractivity contribution >= 4 is 29.0 Å². The van der Waals surface area contributed by atoms with E-state index in [1.807, 2.05) is 30.3 Å². The van der Waals surface area contributed by atoms with Crippen molar-refractivity contribution in [2.24, 2.45) is 0 Å². The Kier molecular flexibility index (Phi) is 5.35. The molecule has 164 valence electrons. The number of aromatic carboxylic acids is 1. The molecule has 0 radical (unpaired) electrons. The van der Waals surface area contributed by atoms with Gasteiger partial charge in [-0.3, -0.25) is 4.98 Å². The highest BCUT2D eigenvalue weighted by Gasteiger charge is 2.43. The van der Waals surface area contributed by atoms with Crippen LogP contribution in [-0.4, -0.2) is 21.2 Å². The first kappa shape index (κ1) is 20.8. The van der Waals surface area contributed by atoms with Gasteiger partial charge in [-0.1, -0.05) is 30.3 Å². The lowest BCUT2D eigenvalue weighted by molar-refractivity contribution is 0.0697. The highest BCUT2D eigenvalue weighted by Crippen LogP contribution is 2.43. The molecule has 2 aromatic heterocycles. The van der Waals surface area contributed by atoms with Gasteiger partial charge in [0.1, 0.15) is 23.4 Å². The van der Waals surface area contributed by atoms with Crippen LogP contribution in [-0.2, 0) is 0 Å². The summed E-state index contributed by atoms with van der Waals surface area (Å²) in [5.41, 5.74) is 2.00. The molecule has 0 bridgehead atoms. The maximum absolute atomic E-state index is 14.8. The lowest BCUT2D eigenvalue weighted by atomic mass is 10.0. The highest BCUT2D eigenvalue weighted by atomic mass is 32.1. The Morgan fingerprint density at radius 2 is 1.79 bits per heavy atom. The molecule has 0 unspecified atom stereocenters. The monoisotopic (exact) mass is 459 g/mol. The number of hydrogen-bond donors (Lipinski definition) is 2. The number of anilines is 1. The minimum Gasteiger partial charge on any atom is -0.478 e. The lowest BCUT2D eigenvalue weighted by Crippen LogP contribution is -2.30. The number of carbonyl (C=O) groups is 1. The summed E-state index contributed by atoms with van der Waals surface area (Å²) in [5, 5.41) is 12.8. The van der Waals surface area contributed by atoms with Gasteiger partial charge in [0.15, 0.2) is 5.11 Å². The largest absolute Gasteiger partial charge is 0.478 e. The topological polar surface area (TPSA) is 78.6 Å². The zero-order valence-electron chi connectivity index (χ0n) is 17.2. The van der Waals surface area contributed by atoms with Crippen molar-refractivity contribution in [2.45, 2.75) is 12.1 Å². The smallest absolute Gasteiger partial charge is 0.335 e. The maximum atomic E-state index is 14.8. The maximum Gasteiger partial charge on any atom is 0.335 e. The van der Waals surface area contributed by atoms with E-state index in [0.717, 1.165) is 11.3 Å². The van der Waals surface area contributed by atoms with Gasteiger partial charge in [-0.25, -0.2) is 9.18 Å². The number of furan rings is 1. The second-order valence-corrected chi connectivity index (χ2v) is 7.92. The number of para-hydroxylation sites is 1. The Bertz CT molecular complexity index is 1320. The Morgan fingerprint density at radius 3 is 2.48 bits per heavy atom. The number of hydrogen-bond acceptors (Lipinski definition) is 4. The van der Waals surface area contributed by atoms with Gasteiger partial charge in [0.2, 0.25) is 0 Å². The number of aromatic nitrogens is 1. The van der Waals surface area contributed by atoms with E-state index >= 15 is 0 Å². The first-order valence-electron chi connectivity index (χ1n) is 10.2. The van der Waals surface area contributed by atoms with E-state index in [9.17, 15) is 9.18 Å². The zero-order valence-corrected chi connectivity index (χ0v) is 18.0. The van der Waals surface area contributed by atoms with Crippen LogP contribution in [0.15, 0.2) is 89.5 Å². The van der Waals surface area contributed by atoms with Crippen LogP contribution >= 0.6 is 12.2 Å². The van der Waals surface area contributed by atoms with Crippen molar-refractivity contribution in [1.29, 1.82) is 0 Å². The molecule has 2 atom stereocenters. The summed E-state index contributed by atoms with van der Waals surface area (Å²) in [6, 6.07) is 21.2. The summed E-state index contributed by atoms with van der Waals surface area (Å²) < 4.78 is 21.0. The Morgan fingerprint density at radius 1 is 1.03 bits per heavy atom. The van der Waals surface area contributed by atoms with E-state index in [1.54, 1.807) is 41.4 Å². The molecule has 2 aromatic carbocycles. The first-order chi connectivity index (χ1) is 16.0. The molecule has 3 heterocycles. The number of pyridine rings is 1. The third kappa shape index (κ3) is 3.85. The predicted octanol–water partition coefficient (Wildman–Crippen LogP) is 5.36. The first-order valence-corrected chi connectivity index (χ1v) is 10.6. The van der Waals surface area contributed by atoms with Gasteiger partial charge in [-0.2, -0.15) is 0 Å². The Hall–Kier alpha value is -4.04. The lowest BCUT2D eigenvalue weighted by Gasteiger charge is -2.26. The van der Waals surface area contributed by atoms with Crippen LogP contribution in [0.25, 0.3) is 11.3 Å². The highest BCUT2D eigenvalue weighted by molar-refractivity contribution is 7.80. The molecule has 1 aliphatic heterocycles. The summed E-state index contributed by atoms with van der Waals surface area (Å²) in [6.45, 7) is 0. The van der Waals surface area contributed by atoms with E-state index in [0.29, 0.717) is 22.3 Å². The molecule has 0 aliphatic carbocycles. The van der Waals surface area contributed by atoms with Crippen LogP contribution in [0, 0.1) is 5.82 Å². The molecule has 5 rings (SSSR count). The van der Waals surface area contributed by atoms with E-state index < -0.39 is 17.8 Å². The predicted molar refractivity (Wildman–Crippen MR) is 125 cm³/mol. The number of carboxylic acids is 1. The van der Waals surface area contributed by atoms with Crippen molar-refractivity contribution < 1.29 is 18.7 Å². The second kappa shape index (κ2) is 8.48. The van der Waals surface area contributed by atoms with Crippen LogP contribution < -0.4 is 10.2 Å². The molecular formula is C25H18FN3O3S. The summed E-state index contributed by atoms with van der Waals surface area (Å²) in [4.78, 5) is 17.3. The number of benzene rings is 2. The van der Waals surface area contributed by atoms with Crippen LogP contribution in [0.3, 0.4) is 0 Å². The van der Waals surface area contributed by atoms with Crippen molar-refractivity contribution in [2.75, 3.05) is 4.90 Å². The van der Waals surface area contributed by atoms with Crippen molar-refractivity contribution in [3.63, 3.8) is 0 Å². The molecule has 33 heavy (non-hydrogen) atoms. The third-order valence-corrected chi connectivity index (χ3v) is 5.86. The second-order valence-electron chi connectivity index (χ2n) is 7.53. The quantitative estimate of drug-likeness (QED) is 0.389. The standard InChI is InChI=1S/C25H18FN3O3S/c26-17-5-1-2-7-19(17)29-23(22(28-25(29)33)18-6-3-4-14-27-18)21-13-12-20(32-21)15-8-10-16(11-9-15)24(30)31/h1-14,22-23H,(H,28,33)(H,30,31)/t22-,23+/m0/s1. The number of nitrogens with one attached hydrogen (secondary N) is 1. The van der Waals surface area contributed by atoms with Crippen LogP contribution in [0.4, 0.5) is 10.1 Å². The van der Waals surface area contributed by atoms with Gasteiger partial charge in [-0.15, -0.1) is 0 Å². The number of rotatable bonds is 5. The average molecular weight is 460 g/mol. The van der Waals surface area contributed by atoms with Gasteiger partial charge in [0.05, 0.1) is 23.0 Å². The molecular weight excluding hydrogens is 441 g/mol. The normalized spacial score (nSPS) is 17.7. The van der Waals surface area contributed by atoms with E-state index in [2.05, 4.69) is 10.3 Å². The molecule has 0 spiro atoms. The molecule has 8 heteroatoms. The van der Waals surface area contributed by atoms with E-state index in [1.165, 1.54) is 18.2 Å². The molecule has 6 nitrogen and oxygen atoms in total. The van der Waals surface area contributed by atoms with Crippen LogP contribution in [0.5, 0.6) is 0 Å². The molecule has 1 fully saturated rings. The number of nitrogens with zero attached hydrogens (tertiary/aromatic N) is 2. The number of carboxylic acid groups (broad SMARTS) is 1. The Labute approximate surface area is 194 Å². The molecule has 2 N–H and O–H groups in total. The Balaban J connectivity index is 1.58. The molecule has 0 amide bonds. The fourth-order valence-electron chi connectivity index (χ4n) is 3.99. The summed E-state index contributed by atoms with van der Waals surface area (Å²) >= 11 is 5.60. The zero-order chi connectivity index (χ0) is 22.9. The fourth-order valence-corrected chi connectivity index (χ4v) is 4.33. The van der Waals surface area contributed by atoms with Crippen molar-refractivity contribution in [1.82, 2.24) is 10.3 Å². The van der Waals surface area contributed by atoms with Gasteiger partial charge in [-0.05, 0) is 60.7 Å². The molecule has 0 saturated carbocycles. The molecule has 1 saturated heterocycles. The molecule has 1 aliphatic rings. The van der Waals surface area contributed by atoms with Crippen molar-refractivity contribution in [3.8, 4) is 11.3 Å². The summed E-state index contributed by atoms with van der Waals surface area (Å²) in [6.07, 6.45) is 1.69. The third-order valence-electron chi connectivity index (χ3n) is 5.54. The molecule has 4 aromatic rings. The summed E-state index contributed by atoms with van der Waals surface area (Å²) in [5.74, 6) is -0.262. The number of thiocarbonyl (C=S) groups is 1. The average Bonchev–Trinajstić information content (AvgIpc) is 3.45. The summed E-state index contributed by atoms with van der Waals surface area (Å²) in [7, 11) is 0. The fraction of sp³-hybridized carbons (Fsp3) is 0.0800. The van der Waals surface area contributed by atoms with Crippen LogP contribution in [0.1, 0.15) is 33.9 Å². The van der Waals surface area contributed by atoms with Gasteiger partial charge < -0.3 is 19.7 Å². The van der Waals surface area contributed by atoms with E-state index in [-0.39, 0.29) is 11.6 Å². The van der Waals surface area contributed by atoms with E-state index in [4.69, 9.17) is 21.7 Å². The van der Waals surface area contributed by atoms with Gasteiger partial charge in [0.25, 0.3) is 0 Å². The number of halogens is 1. The van der Waals surface area contributed by atoms with Gasteiger partial charge in [0, 0.05) is 11.8 Å². The van der Waals surface area contributed by atoms with Gasteiger partial charge >= 0.3 is 5.97 Å². The van der Waals surface area contributed by atoms with Crippen molar-refractivity contribution in [3.05, 3.63) is 108 Å². The van der Waals surface area contributed by atoms with Crippen LogP contribution in [0.2, 0.25) is 0 Å². The SMILES string of the molecule is O=C(O)c1ccc(-c2ccc([C@@H]3[C@H](c4ccccn4)NC(=S)N3c3ccccc3F)o2)cc1.